The highest BCUT2D eigenvalue weighted by Gasteiger charge is 2.54. The Labute approximate surface area is 220 Å². The number of hydrogen-bond acceptors (Lipinski definition) is 5. The van der Waals surface area contributed by atoms with Crippen molar-refractivity contribution in [1.82, 2.24) is 19.6 Å². The zero-order valence-electron chi connectivity index (χ0n) is 21.5. The van der Waals surface area contributed by atoms with E-state index in [1.807, 2.05) is 32.4 Å². The van der Waals surface area contributed by atoms with Crippen LogP contribution in [0.1, 0.15) is 45.4 Å². The normalized spacial score (nSPS) is 20.8. The highest BCUT2D eigenvalue weighted by atomic mass is 35.5. The molecule has 198 valence electrons. The van der Waals surface area contributed by atoms with Crippen LogP contribution >= 0.6 is 11.6 Å². The van der Waals surface area contributed by atoms with Crippen LogP contribution in [0.3, 0.4) is 0 Å². The van der Waals surface area contributed by atoms with Crippen LogP contribution in [0.4, 0.5) is 14.9 Å². The fourth-order valence-corrected chi connectivity index (χ4v) is 5.62. The van der Waals surface area contributed by atoms with Crippen molar-refractivity contribution in [1.29, 1.82) is 0 Å². The maximum Gasteiger partial charge on any atom is 0.410 e. The summed E-state index contributed by atoms with van der Waals surface area (Å²) in [6.07, 6.45) is 1.77. The average molecular weight is 532 g/mol. The molecule has 0 bridgehead atoms. The molecular weight excluding hydrogens is 501 g/mol. The number of benzene rings is 1. The molecule has 2 fully saturated rings. The molecule has 2 aromatic rings. The van der Waals surface area contributed by atoms with Crippen LogP contribution in [0.5, 0.6) is 0 Å². The Hall–Kier alpha value is -3.14. The molecule has 3 aliphatic heterocycles. The second kappa shape index (κ2) is 9.01. The second-order valence-electron chi connectivity index (χ2n) is 11.4. The molecule has 11 heteroatoms. The first-order valence-electron chi connectivity index (χ1n) is 12.4. The van der Waals surface area contributed by atoms with Crippen molar-refractivity contribution in [2.24, 2.45) is 5.41 Å². The molecule has 4 heterocycles. The van der Waals surface area contributed by atoms with Crippen molar-refractivity contribution < 1.29 is 23.5 Å². The highest BCUT2D eigenvalue weighted by molar-refractivity contribution is 6.30. The lowest BCUT2D eigenvalue weighted by Crippen LogP contribution is -2.60. The summed E-state index contributed by atoms with van der Waals surface area (Å²) < 4.78 is 20.8. The largest absolute Gasteiger partial charge is 0.444 e. The Morgan fingerprint density at radius 2 is 1.97 bits per heavy atom. The third-order valence-electron chi connectivity index (χ3n) is 7.19. The smallest absolute Gasteiger partial charge is 0.410 e. The molecule has 37 heavy (non-hydrogen) atoms. The molecule has 1 atom stereocenters. The lowest BCUT2D eigenvalue weighted by molar-refractivity contribution is -0.134. The van der Waals surface area contributed by atoms with E-state index in [-0.39, 0.29) is 40.8 Å². The number of aromatic nitrogens is 2. The van der Waals surface area contributed by atoms with Gasteiger partial charge in [0.1, 0.15) is 11.4 Å². The summed E-state index contributed by atoms with van der Waals surface area (Å²) in [6.45, 7) is 9.67. The lowest BCUT2D eigenvalue weighted by atomic mass is 9.79. The number of halogens is 2. The van der Waals surface area contributed by atoms with E-state index in [1.54, 1.807) is 27.0 Å². The maximum absolute atomic E-state index is 13.5. The van der Waals surface area contributed by atoms with Gasteiger partial charge in [0.15, 0.2) is 0 Å². The lowest BCUT2D eigenvalue weighted by Gasteiger charge is -2.47. The number of fused-ring (bicyclic) bond motifs is 1. The van der Waals surface area contributed by atoms with Crippen LogP contribution in [-0.2, 0) is 33.8 Å². The summed E-state index contributed by atoms with van der Waals surface area (Å²) >= 11 is 5.89. The van der Waals surface area contributed by atoms with E-state index in [2.05, 4.69) is 5.10 Å². The van der Waals surface area contributed by atoms with Gasteiger partial charge in [0, 0.05) is 37.5 Å². The molecule has 0 aliphatic carbocycles. The summed E-state index contributed by atoms with van der Waals surface area (Å²) in [5, 5.41) is 4.49. The predicted molar refractivity (Wildman–Crippen MR) is 135 cm³/mol. The first-order chi connectivity index (χ1) is 17.3. The van der Waals surface area contributed by atoms with Gasteiger partial charge in [-0.3, -0.25) is 14.3 Å². The van der Waals surface area contributed by atoms with Crippen molar-refractivity contribution in [2.75, 3.05) is 24.5 Å². The fraction of sp³-hybridized carbons (Fsp3) is 0.538. The summed E-state index contributed by atoms with van der Waals surface area (Å²) in [5.74, 6) is -0.645. The van der Waals surface area contributed by atoms with Gasteiger partial charge in [0.25, 0.3) is 0 Å². The van der Waals surface area contributed by atoms with Crippen molar-refractivity contribution >= 4 is 35.2 Å². The first-order valence-corrected chi connectivity index (χ1v) is 12.8. The van der Waals surface area contributed by atoms with Gasteiger partial charge in [-0.15, -0.1) is 0 Å². The van der Waals surface area contributed by atoms with Crippen LogP contribution in [0.15, 0.2) is 24.4 Å². The van der Waals surface area contributed by atoms with Gasteiger partial charge in [-0.25, -0.2) is 9.18 Å². The molecule has 1 spiro atoms. The molecule has 3 amide bonds. The van der Waals surface area contributed by atoms with E-state index >= 15 is 0 Å². The summed E-state index contributed by atoms with van der Waals surface area (Å²) in [6, 6.07) is 4.20. The Balaban J connectivity index is 1.28. The SMILES string of the molecule is C[C@H]1Cn2ncc(N3CC4(CC3=O)CN(C(=O)OC(C)(C)C)C4)c2CN1C(=O)Cc1ccc(F)c(Cl)c1. The minimum Gasteiger partial charge on any atom is -0.444 e. The van der Waals surface area contributed by atoms with Crippen LogP contribution < -0.4 is 4.90 Å². The summed E-state index contributed by atoms with van der Waals surface area (Å²) in [4.78, 5) is 43.8. The van der Waals surface area contributed by atoms with Crippen molar-refractivity contribution in [3.05, 3.63) is 46.5 Å². The third-order valence-corrected chi connectivity index (χ3v) is 7.48. The van der Waals surface area contributed by atoms with Gasteiger partial charge in [-0.1, -0.05) is 17.7 Å². The predicted octanol–water partition coefficient (Wildman–Crippen LogP) is 3.62. The molecule has 2 saturated heterocycles. The molecule has 0 unspecified atom stereocenters. The van der Waals surface area contributed by atoms with Gasteiger partial charge < -0.3 is 19.4 Å². The number of carbonyl (C=O) groups excluding carboxylic acids is 3. The second-order valence-corrected chi connectivity index (χ2v) is 11.9. The van der Waals surface area contributed by atoms with Gasteiger partial charge >= 0.3 is 6.09 Å². The molecule has 5 rings (SSSR count). The molecule has 9 nitrogen and oxygen atoms in total. The molecule has 0 saturated carbocycles. The maximum atomic E-state index is 13.5. The average Bonchev–Trinajstić information content (AvgIpc) is 3.33. The number of hydrogen-bond donors (Lipinski definition) is 0. The number of rotatable bonds is 3. The van der Waals surface area contributed by atoms with Gasteiger partial charge in [0.05, 0.1) is 42.1 Å². The van der Waals surface area contributed by atoms with Crippen molar-refractivity contribution in [2.45, 2.75) is 65.3 Å². The minimum atomic E-state index is -0.571. The van der Waals surface area contributed by atoms with Crippen molar-refractivity contribution in [3.63, 3.8) is 0 Å². The molecule has 0 radical (unpaired) electrons. The van der Waals surface area contributed by atoms with Crippen LogP contribution in [0.25, 0.3) is 0 Å². The van der Waals surface area contributed by atoms with E-state index in [4.69, 9.17) is 16.3 Å². The van der Waals surface area contributed by atoms with E-state index < -0.39 is 11.4 Å². The van der Waals surface area contributed by atoms with Crippen LogP contribution in [0.2, 0.25) is 5.02 Å². The quantitative estimate of drug-likeness (QED) is 0.603. The zero-order valence-corrected chi connectivity index (χ0v) is 22.2. The fourth-order valence-electron chi connectivity index (χ4n) is 5.42. The molecule has 3 aliphatic rings. The highest BCUT2D eigenvalue weighted by Crippen LogP contribution is 2.43. The number of nitrogens with zero attached hydrogens (tertiary/aromatic N) is 5. The Morgan fingerprint density at radius 3 is 2.65 bits per heavy atom. The van der Waals surface area contributed by atoms with Gasteiger partial charge in [-0.05, 0) is 45.4 Å². The molecule has 0 N–H and O–H groups in total. The number of anilines is 1. The van der Waals surface area contributed by atoms with E-state index in [9.17, 15) is 18.8 Å². The topological polar surface area (TPSA) is 88.0 Å². The third kappa shape index (κ3) is 4.91. The Bertz CT molecular complexity index is 1270. The summed E-state index contributed by atoms with van der Waals surface area (Å²) in [7, 11) is 0. The zero-order chi connectivity index (χ0) is 26.7. The summed E-state index contributed by atoms with van der Waals surface area (Å²) in [5.41, 5.74) is 1.27. The van der Waals surface area contributed by atoms with Crippen molar-refractivity contribution in [3.8, 4) is 0 Å². The molecule has 1 aromatic carbocycles. The first kappa shape index (κ1) is 25.5. The number of ether oxygens (including phenoxy) is 1. The minimum absolute atomic E-state index is 0.0138. The molecular formula is C26H31ClFN5O4. The van der Waals surface area contributed by atoms with Gasteiger partial charge in [0.2, 0.25) is 11.8 Å². The number of carbonyl (C=O) groups is 3. The monoisotopic (exact) mass is 531 g/mol. The standard InChI is InChI=1S/C26H31ClFN5O4/c1-16-11-33-21(12-31(16)22(34)8-17-5-6-19(28)18(27)7-17)20(10-29-33)32-15-26(9-23(32)35)13-30(14-26)24(36)37-25(2,3)4/h5-7,10,16H,8-9,11-15H2,1-4H3/t16-/m0/s1. The molecule has 1 aromatic heterocycles. The Kier molecular flexibility index (Phi) is 6.21. The number of amides is 3. The van der Waals surface area contributed by atoms with Crippen LogP contribution in [-0.4, -0.2) is 68.8 Å². The van der Waals surface area contributed by atoms with E-state index in [0.717, 1.165) is 5.69 Å². The Morgan fingerprint density at radius 1 is 1.24 bits per heavy atom. The van der Waals surface area contributed by atoms with Crippen LogP contribution in [0, 0.1) is 11.2 Å². The van der Waals surface area contributed by atoms with E-state index in [0.29, 0.717) is 50.4 Å². The van der Waals surface area contributed by atoms with E-state index in [1.165, 1.54) is 12.1 Å². The van der Waals surface area contributed by atoms with Gasteiger partial charge in [-0.2, -0.15) is 5.10 Å². The number of likely N-dealkylation sites (tertiary alicyclic amines) is 1.